The second-order valence-corrected chi connectivity index (χ2v) is 17.1. The third-order valence-corrected chi connectivity index (χ3v) is 15.6. The Labute approximate surface area is 195 Å². The van der Waals surface area contributed by atoms with E-state index in [9.17, 15) is 0 Å². The first-order valence-electron chi connectivity index (χ1n) is 10.7. The van der Waals surface area contributed by atoms with Gasteiger partial charge in [0.1, 0.15) is 0 Å². The van der Waals surface area contributed by atoms with Crippen LogP contribution in [0.5, 0.6) is 0 Å². The first-order valence-corrected chi connectivity index (χ1v) is 17.2. The predicted octanol–water partition coefficient (Wildman–Crippen LogP) is 3.62. The molecule has 0 heterocycles. The number of rotatable bonds is 10. The maximum absolute atomic E-state index is 6.25. The molecule has 156 valence electrons. The molecule has 0 saturated heterocycles. The molecule has 31 heavy (non-hydrogen) atoms. The first kappa shape index (κ1) is 22.2. The summed E-state index contributed by atoms with van der Waals surface area (Å²) in [5.41, 5.74) is 0. The second-order valence-electron chi connectivity index (χ2n) is 7.26. The fourth-order valence-corrected chi connectivity index (χ4v) is 12.9. The minimum absolute atomic E-state index is 0.843. The zero-order valence-corrected chi connectivity index (χ0v) is 21.4. The van der Waals surface area contributed by atoms with Gasteiger partial charge in [0.15, 0.2) is 0 Å². The van der Waals surface area contributed by atoms with Crippen molar-refractivity contribution >= 4 is 46.7 Å². The molecule has 0 aliphatic carbocycles. The summed E-state index contributed by atoms with van der Waals surface area (Å²) < 4.78 is 12.3. The maximum atomic E-state index is 6.25. The van der Waals surface area contributed by atoms with Crippen LogP contribution in [0.3, 0.4) is 0 Å². The summed E-state index contributed by atoms with van der Waals surface area (Å²) in [4.78, 5) is 0. The number of hydrogen-bond donors (Lipinski definition) is 0. The van der Waals surface area contributed by atoms with E-state index in [-0.39, 0.29) is 0 Å². The molecule has 0 N–H and O–H groups in total. The molecule has 0 unspecified atom stereocenters. The zero-order chi connectivity index (χ0) is 21.1. The van der Waals surface area contributed by atoms with E-state index in [0.717, 1.165) is 23.6 Å². The van der Waals surface area contributed by atoms with Crippen LogP contribution in [-0.2, 0) is 4.74 Å². The van der Waals surface area contributed by atoms with Crippen LogP contribution in [0.4, 0.5) is 0 Å². The van der Waals surface area contributed by atoms with Gasteiger partial charge in [-0.3, -0.25) is 0 Å². The van der Waals surface area contributed by atoms with Gasteiger partial charge in [0.25, 0.3) is 0 Å². The fraction of sp³-hybridized carbons (Fsp3) is 0.143. The summed E-state index contributed by atoms with van der Waals surface area (Å²) in [6.45, 7) is 1.69. The molecule has 3 heteroatoms. The average Bonchev–Trinajstić information content (AvgIpc) is 2.86. The number of ether oxygens (including phenoxy) is 1. The van der Waals surface area contributed by atoms with Gasteiger partial charge in [0.05, 0.1) is 0 Å². The van der Waals surface area contributed by atoms with Crippen molar-refractivity contribution in [3.8, 4) is 0 Å². The van der Waals surface area contributed by atoms with Crippen LogP contribution >= 0.6 is 0 Å². The molecular formula is C28H28As2O. The zero-order valence-electron chi connectivity index (χ0n) is 17.7. The monoisotopic (exact) mass is 530 g/mol. The van der Waals surface area contributed by atoms with Crippen LogP contribution in [0.2, 0.25) is 10.4 Å². The van der Waals surface area contributed by atoms with Gasteiger partial charge in [0.2, 0.25) is 0 Å². The summed E-state index contributed by atoms with van der Waals surface area (Å²) in [5, 5.41) is 2.29. The molecule has 4 aromatic rings. The van der Waals surface area contributed by atoms with E-state index in [4.69, 9.17) is 4.74 Å². The molecule has 0 fully saturated rings. The Morgan fingerprint density at radius 2 is 0.645 bits per heavy atom. The Bertz CT molecular complexity index is 844. The molecule has 1 nitrogen and oxygen atoms in total. The minimum atomic E-state index is -1.33. The average molecular weight is 530 g/mol. The molecule has 0 saturated carbocycles. The van der Waals surface area contributed by atoms with Crippen LogP contribution in [0.15, 0.2) is 121 Å². The molecule has 0 bridgehead atoms. The van der Waals surface area contributed by atoms with E-state index in [1.165, 1.54) is 17.4 Å². The SMILES string of the molecule is c1ccc([As](CCOCC[As](c2ccccc2)c2ccccc2)c2ccccc2)cc1. The van der Waals surface area contributed by atoms with Gasteiger partial charge in [-0.25, -0.2) is 0 Å². The topological polar surface area (TPSA) is 9.23 Å². The van der Waals surface area contributed by atoms with Gasteiger partial charge in [-0.2, -0.15) is 0 Å². The Morgan fingerprint density at radius 3 is 0.903 bits per heavy atom. The van der Waals surface area contributed by atoms with E-state index in [1.54, 1.807) is 0 Å². The molecule has 0 aliphatic rings. The molecule has 4 rings (SSSR count). The van der Waals surface area contributed by atoms with Crippen molar-refractivity contribution in [3.05, 3.63) is 121 Å². The molecule has 0 aliphatic heterocycles. The van der Waals surface area contributed by atoms with Crippen LogP contribution in [-0.4, -0.2) is 42.5 Å². The molecule has 4 aromatic carbocycles. The Balaban J connectivity index is 1.37. The van der Waals surface area contributed by atoms with Gasteiger partial charge in [-0.1, -0.05) is 0 Å². The van der Waals surface area contributed by atoms with Crippen molar-refractivity contribution in [2.75, 3.05) is 13.2 Å². The standard InChI is InChI=1S/C28H28As2O/c1-5-13-25(14-6-1)29(26-15-7-2-8-16-26)21-23-31-24-22-30(27-17-9-3-10-18-27)28-19-11-4-12-20-28/h1-20H,21-24H2. The summed E-state index contributed by atoms with van der Waals surface area (Å²) in [6.07, 6.45) is 0. The molecule has 0 spiro atoms. The van der Waals surface area contributed by atoms with Crippen molar-refractivity contribution < 1.29 is 4.74 Å². The molecule has 0 radical (unpaired) electrons. The normalized spacial score (nSPS) is 11.2. The molecule has 0 atom stereocenters. The molecule has 0 aromatic heterocycles. The summed E-state index contributed by atoms with van der Waals surface area (Å²) in [7, 11) is 0. The van der Waals surface area contributed by atoms with Crippen molar-refractivity contribution in [2.45, 2.75) is 10.4 Å². The summed E-state index contributed by atoms with van der Waals surface area (Å²) in [6, 6.07) is 44.1. The predicted molar refractivity (Wildman–Crippen MR) is 136 cm³/mol. The van der Waals surface area contributed by atoms with Crippen LogP contribution < -0.4 is 17.4 Å². The van der Waals surface area contributed by atoms with Crippen molar-refractivity contribution in [1.82, 2.24) is 0 Å². The van der Waals surface area contributed by atoms with Gasteiger partial charge < -0.3 is 0 Å². The Kier molecular flexibility index (Phi) is 8.66. The van der Waals surface area contributed by atoms with Crippen LogP contribution in [0.1, 0.15) is 0 Å². The van der Waals surface area contributed by atoms with Crippen LogP contribution in [0.25, 0.3) is 0 Å². The Morgan fingerprint density at radius 1 is 0.387 bits per heavy atom. The van der Waals surface area contributed by atoms with Crippen LogP contribution in [0, 0.1) is 0 Å². The summed E-state index contributed by atoms with van der Waals surface area (Å²) in [5.74, 6) is 0. The number of benzene rings is 4. The summed E-state index contributed by atoms with van der Waals surface area (Å²) >= 11 is -2.66. The number of hydrogen-bond acceptors (Lipinski definition) is 1. The van der Waals surface area contributed by atoms with Crippen molar-refractivity contribution in [1.29, 1.82) is 0 Å². The van der Waals surface area contributed by atoms with E-state index in [2.05, 4.69) is 121 Å². The van der Waals surface area contributed by atoms with E-state index >= 15 is 0 Å². The quantitative estimate of drug-likeness (QED) is 0.225. The van der Waals surface area contributed by atoms with Gasteiger partial charge >= 0.3 is 196 Å². The fourth-order valence-electron chi connectivity index (χ4n) is 3.66. The van der Waals surface area contributed by atoms with Gasteiger partial charge in [0, 0.05) is 0 Å². The second kappa shape index (κ2) is 12.1. The molecule has 0 amide bonds. The first-order chi connectivity index (χ1) is 15.4. The van der Waals surface area contributed by atoms with Gasteiger partial charge in [-0.05, 0) is 0 Å². The van der Waals surface area contributed by atoms with Crippen molar-refractivity contribution in [2.24, 2.45) is 0 Å². The van der Waals surface area contributed by atoms with Gasteiger partial charge in [-0.15, -0.1) is 0 Å². The van der Waals surface area contributed by atoms with Crippen molar-refractivity contribution in [3.63, 3.8) is 0 Å². The third-order valence-electron chi connectivity index (χ3n) is 5.19. The van der Waals surface area contributed by atoms with E-state index < -0.39 is 29.3 Å². The third kappa shape index (κ3) is 6.47. The molecular weight excluding hydrogens is 502 g/mol. The van der Waals surface area contributed by atoms with E-state index in [0.29, 0.717) is 0 Å². The Hall–Kier alpha value is -2.04. The van der Waals surface area contributed by atoms with E-state index in [1.807, 2.05) is 0 Å².